The maximum atomic E-state index is 13.0. The fraction of sp³-hybridized carbons (Fsp3) is 0.312. The van der Waals surface area contributed by atoms with Gasteiger partial charge in [-0.15, -0.1) is 0 Å². The number of hydrogen-bond acceptors (Lipinski definition) is 4. The zero-order valence-electron chi connectivity index (χ0n) is 13.2. The van der Waals surface area contributed by atoms with Crippen LogP contribution in [0.4, 0.5) is 4.39 Å². The van der Waals surface area contributed by atoms with Gasteiger partial charge in [-0.2, -0.15) is 4.31 Å². The first-order valence-electron chi connectivity index (χ1n) is 7.48. The summed E-state index contributed by atoms with van der Waals surface area (Å²) in [6.07, 6.45) is 2.17. The van der Waals surface area contributed by atoms with Gasteiger partial charge in [0.2, 0.25) is 15.9 Å². The molecule has 130 valence electrons. The molecule has 0 unspecified atom stereocenters. The first-order valence-corrected chi connectivity index (χ1v) is 8.92. The van der Waals surface area contributed by atoms with E-state index in [1.165, 1.54) is 18.4 Å². The monoisotopic (exact) mass is 354 g/mol. The lowest BCUT2D eigenvalue weighted by Crippen LogP contribution is -2.40. The third kappa shape index (κ3) is 4.65. The Hall–Kier alpha value is -2.19. The van der Waals surface area contributed by atoms with Gasteiger partial charge in [0.05, 0.1) is 24.2 Å². The van der Waals surface area contributed by atoms with Crippen molar-refractivity contribution in [2.45, 2.75) is 24.8 Å². The van der Waals surface area contributed by atoms with E-state index in [9.17, 15) is 17.6 Å². The third-order valence-electron chi connectivity index (χ3n) is 3.26. The van der Waals surface area contributed by atoms with E-state index in [4.69, 9.17) is 4.42 Å². The molecule has 1 N–H and O–H groups in total. The number of furan rings is 1. The zero-order chi connectivity index (χ0) is 17.6. The van der Waals surface area contributed by atoms with E-state index in [1.807, 2.05) is 6.92 Å². The van der Waals surface area contributed by atoms with Crippen LogP contribution in [0, 0.1) is 5.82 Å². The summed E-state index contributed by atoms with van der Waals surface area (Å²) < 4.78 is 44.7. The van der Waals surface area contributed by atoms with Crippen LogP contribution in [0.15, 0.2) is 52.0 Å². The Kier molecular flexibility index (Phi) is 6.10. The fourth-order valence-corrected chi connectivity index (χ4v) is 3.40. The first-order chi connectivity index (χ1) is 11.4. The number of rotatable bonds is 8. The molecule has 24 heavy (non-hydrogen) atoms. The number of hydrogen-bond donors (Lipinski definition) is 1. The number of sulfonamides is 1. The highest BCUT2D eigenvalue weighted by Crippen LogP contribution is 2.19. The molecule has 2 rings (SSSR count). The molecule has 8 heteroatoms. The van der Waals surface area contributed by atoms with Crippen LogP contribution in [-0.2, 0) is 21.4 Å². The van der Waals surface area contributed by atoms with Crippen LogP contribution in [0.25, 0.3) is 0 Å². The third-order valence-corrected chi connectivity index (χ3v) is 5.06. The highest BCUT2D eigenvalue weighted by molar-refractivity contribution is 7.89. The van der Waals surface area contributed by atoms with Gasteiger partial charge in [0.15, 0.2) is 0 Å². The lowest BCUT2D eigenvalue weighted by atomic mass is 10.4. The Labute approximate surface area is 140 Å². The zero-order valence-corrected chi connectivity index (χ0v) is 14.1. The van der Waals surface area contributed by atoms with Crippen molar-refractivity contribution in [3.63, 3.8) is 0 Å². The molecule has 1 amide bonds. The number of nitrogens with one attached hydrogen (secondary N) is 1. The summed E-state index contributed by atoms with van der Waals surface area (Å²) in [5.74, 6) is -0.537. The van der Waals surface area contributed by atoms with E-state index in [0.717, 1.165) is 22.9 Å². The quantitative estimate of drug-likeness (QED) is 0.788. The average molecular weight is 354 g/mol. The highest BCUT2D eigenvalue weighted by atomic mass is 32.2. The second-order valence-electron chi connectivity index (χ2n) is 5.16. The first kappa shape index (κ1) is 18.2. The Morgan fingerprint density at radius 3 is 2.54 bits per heavy atom. The number of halogens is 1. The maximum absolute atomic E-state index is 13.0. The molecule has 2 aromatic rings. The molecule has 0 saturated carbocycles. The molecule has 1 aromatic carbocycles. The van der Waals surface area contributed by atoms with Crippen molar-refractivity contribution in [2.75, 3.05) is 13.1 Å². The average Bonchev–Trinajstić information content (AvgIpc) is 3.06. The Morgan fingerprint density at radius 2 is 1.96 bits per heavy atom. The van der Waals surface area contributed by atoms with Crippen LogP contribution in [0.2, 0.25) is 0 Å². The number of carbonyl (C=O) groups is 1. The molecule has 1 heterocycles. The van der Waals surface area contributed by atoms with Crippen LogP contribution in [0.3, 0.4) is 0 Å². The molecule has 0 fully saturated rings. The molecule has 1 aromatic heterocycles. The van der Waals surface area contributed by atoms with E-state index >= 15 is 0 Å². The lowest BCUT2D eigenvalue weighted by Gasteiger charge is -2.21. The molecule has 0 spiro atoms. The summed E-state index contributed by atoms with van der Waals surface area (Å²) in [5.41, 5.74) is 0. The van der Waals surface area contributed by atoms with Crippen LogP contribution in [0.5, 0.6) is 0 Å². The normalized spacial score (nSPS) is 11.6. The van der Waals surface area contributed by atoms with Crippen molar-refractivity contribution in [1.29, 1.82) is 0 Å². The van der Waals surface area contributed by atoms with Crippen LogP contribution in [-0.4, -0.2) is 31.7 Å². The summed E-state index contributed by atoms with van der Waals surface area (Å²) in [4.78, 5) is 11.9. The van der Waals surface area contributed by atoms with Crippen molar-refractivity contribution >= 4 is 15.9 Å². The van der Waals surface area contributed by atoms with E-state index in [0.29, 0.717) is 12.3 Å². The van der Waals surface area contributed by atoms with Crippen molar-refractivity contribution in [1.82, 2.24) is 9.62 Å². The molecule has 0 bridgehead atoms. The Bertz CT molecular complexity index is 758. The van der Waals surface area contributed by atoms with Crippen molar-refractivity contribution in [3.8, 4) is 0 Å². The van der Waals surface area contributed by atoms with Gasteiger partial charge in [-0.1, -0.05) is 6.92 Å². The maximum Gasteiger partial charge on any atom is 0.243 e. The SMILES string of the molecule is CCCNC(=O)CN(Cc1ccco1)S(=O)(=O)c1ccc(F)cc1. The van der Waals surface area contributed by atoms with Gasteiger partial charge < -0.3 is 9.73 Å². The molecule has 0 aliphatic carbocycles. The standard InChI is InChI=1S/C16H19FN2O4S/c1-2-9-18-16(20)12-19(11-14-4-3-10-23-14)24(21,22)15-7-5-13(17)6-8-15/h3-8,10H,2,9,11-12H2,1H3,(H,18,20). The van der Waals surface area contributed by atoms with Gasteiger partial charge in [0.1, 0.15) is 11.6 Å². The summed E-state index contributed by atoms with van der Waals surface area (Å²) in [7, 11) is -3.97. The minimum atomic E-state index is -3.97. The second-order valence-corrected chi connectivity index (χ2v) is 7.09. The summed E-state index contributed by atoms with van der Waals surface area (Å²) >= 11 is 0. The number of carbonyl (C=O) groups excluding carboxylic acids is 1. The molecule has 0 radical (unpaired) electrons. The molecular weight excluding hydrogens is 335 g/mol. The lowest BCUT2D eigenvalue weighted by molar-refractivity contribution is -0.121. The molecule has 0 atom stereocenters. The molecule has 0 aliphatic rings. The second kappa shape index (κ2) is 8.07. The van der Waals surface area contributed by atoms with E-state index in [-0.39, 0.29) is 18.0 Å². The van der Waals surface area contributed by atoms with E-state index in [1.54, 1.807) is 12.1 Å². The van der Waals surface area contributed by atoms with Crippen molar-refractivity contribution in [3.05, 3.63) is 54.2 Å². The van der Waals surface area contributed by atoms with Gasteiger partial charge in [-0.3, -0.25) is 4.79 Å². The minimum absolute atomic E-state index is 0.0845. The van der Waals surface area contributed by atoms with Crippen LogP contribution in [0.1, 0.15) is 19.1 Å². The van der Waals surface area contributed by atoms with Crippen LogP contribution < -0.4 is 5.32 Å². The fourth-order valence-electron chi connectivity index (χ4n) is 2.04. The molecular formula is C16H19FN2O4S. The summed E-state index contributed by atoms with van der Waals surface area (Å²) in [6.45, 7) is 1.92. The van der Waals surface area contributed by atoms with Gasteiger partial charge in [0.25, 0.3) is 0 Å². The predicted octanol–water partition coefficient (Wildman–Crippen LogP) is 2.14. The van der Waals surface area contributed by atoms with Gasteiger partial charge >= 0.3 is 0 Å². The van der Waals surface area contributed by atoms with E-state index in [2.05, 4.69) is 5.32 Å². The van der Waals surface area contributed by atoms with Crippen LogP contribution >= 0.6 is 0 Å². The van der Waals surface area contributed by atoms with Crippen molar-refractivity contribution in [2.24, 2.45) is 0 Å². The Balaban J connectivity index is 2.26. The molecule has 0 aliphatic heterocycles. The van der Waals surface area contributed by atoms with Gasteiger partial charge in [-0.25, -0.2) is 12.8 Å². The Morgan fingerprint density at radius 1 is 1.25 bits per heavy atom. The minimum Gasteiger partial charge on any atom is -0.468 e. The predicted molar refractivity (Wildman–Crippen MR) is 86.0 cm³/mol. The number of nitrogens with zero attached hydrogens (tertiary/aromatic N) is 1. The molecule has 6 nitrogen and oxygen atoms in total. The smallest absolute Gasteiger partial charge is 0.243 e. The summed E-state index contributed by atoms with van der Waals surface area (Å²) in [5, 5.41) is 2.64. The number of benzene rings is 1. The van der Waals surface area contributed by atoms with Gasteiger partial charge in [-0.05, 0) is 42.8 Å². The van der Waals surface area contributed by atoms with Crippen molar-refractivity contribution < 1.29 is 22.0 Å². The van der Waals surface area contributed by atoms with E-state index < -0.39 is 21.7 Å². The topological polar surface area (TPSA) is 79.6 Å². The summed E-state index contributed by atoms with van der Waals surface area (Å²) in [6, 6.07) is 7.73. The highest BCUT2D eigenvalue weighted by Gasteiger charge is 2.27. The largest absolute Gasteiger partial charge is 0.468 e. The van der Waals surface area contributed by atoms with Gasteiger partial charge in [0, 0.05) is 6.54 Å². The molecule has 0 saturated heterocycles. The number of amides is 1.